The van der Waals surface area contributed by atoms with Gasteiger partial charge >= 0.3 is 0 Å². The van der Waals surface area contributed by atoms with Gasteiger partial charge in [-0.1, -0.05) is 13.8 Å². The minimum absolute atomic E-state index is 0.0372. The Morgan fingerprint density at radius 3 is 2.54 bits per heavy atom. The molecule has 2 heterocycles. The highest BCUT2D eigenvalue weighted by molar-refractivity contribution is 5.99. The van der Waals surface area contributed by atoms with Crippen LogP contribution in [0.5, 0.6) is 5.75 Å². The molecule has 4 rings (SSSR count). The van der Waals surface area contributed by atoms with Crippen LogP contribution < -0.4 is 15.4 Å². The van der Waals surface area contributed by atoms with Gasteiger partial charge in [0, 0.05) is 16.7 Å². The van der Waals surface area contributed by atoms with Crippen molar-refractivity contribution in [3.8, 4) is 5.75 Å². The highest BCUT2D eigenvalue weighted by atomic mass is 19.1. The van der Waals surface area contributed by atoms with E-state index in [1.165, 1.54) is 35.2 Å². The normalized spacial score (nSPS) is 22.1. The predicted molar refractivity (Wildman–Crippen MR) is 133 cm³/mol. The maximum absolute atomic E-state index is 14.6. The fourth-order valence-electron chi connectivity index (χ4n) is 4.92. The van der Waals surface area contributed by atoms with Gasteiger partial charge in [0.1, 0.15) is 29.1 Å². The Hall–Kier alpha value is -3.53. The largest absolute Gasteiger partial charge is 0.485 e. The highest BCUT2D eigenvalue weighted by Crippen LogP contribution is 2.40. The monoisotopic (exact) mass is 514 g/mol. The van der Waals surface area contributed by atoms with Gasteiger partial charge in [0.15, 0.2) is 5.96 Å². The zero-order valence-corrected chi connectivity index (χ0v) is 21.3. The molecule has 0 aliphatic carbocycles. The van der Waals surface area contributed by atoms with E-state index in [4.69, 9.17) is 10.1 Å². The van der Waals surface area contributed by atoms with E-state index < -0.39 is 40.8 Å². The second-order valence-corrected chi connectivity index (χ2v) is 10.2. The summed E-state index contributed by atoms with van der Waals surface area (Å²) < 4.78 is 34.3. The Morgan fingerprint density at radius 2 is 1.89 bits per heavy atom. The third-order valence-electron chi connectivity index (χ3n) is 7.35. The molecule has 2 aliphatic heterocycles. The summed E-state index contributed by atoms with van der Waals surface area (Å²) in [7, 11) is 0. The number of carbonyl (C=O) groups is 2. The number of carbonyl (C=O) groups excluding carboxylic acids is 2. The quantitative estimate of drug-likeness (QED) is 0.469. The number of amides is 2. The molecule has 1 fully saturated rings. The number of aliphatic hydroxyl groups is 1. The summed E-state index contributed by atoms with van der Waals surface area (Å²) in [6.45, 7) is 7.11. The van der Waals surface area contributed by atoms with Crippen LogP contribution in [-0.4, -0.2) is 45.0 Å². The van der Waals surface area contributed by atoms with Crippen LogP contribution in [0.4, 0.5) is 8.78 Å². The first-order valence-electron chi connectivity index (χ1n) is 12.3. The summed E-state index contributed by atoms with van der Waals surface area (Å²) in [5.41, 5.74) is -1.00. The van der Waals surface area contributed by atoms with E-state index in [2.05, 4.69) is 10.6 Å². The van der Waals surface area contributed by atoms with E-state index in [-0.39, 0.29) is 36.0 Å². The van der Waals surface area contributed by atoms with Gasteiger partial charge in [-0.15, -0.1) is 0 Å². The first-order chi connectivity index (χ1) is 17.4. The Labute approximate surface area is 214 Å². The molecule has 37 heavy (non-hydrogen) atoms. The van der Waals surface area contributed by atoms with Crippen LogP contribution in [0.3, 0.4) is 0 Å². The second-order valence-electron chi connectivity index (χ2n) is 10.2. The number of aliphatic hydroxyl groups excluding tert-OH is 1. The van der Waals surface area contributed by atoms with Crippen molar-refractivity contribution in [2.45, 2.75) is 76.8 Å². The lowest BCUT2D eigenvalue weighted by atomic mass is 9.86. The summed E-state index contributed by atoms with van der Waals surface area (Å²) >= 11 is 0. The van der Waals surface area contributed by atoms with Gasteiger partial charge in [-0.05, 0) is 68.7 Å². The number of guanidine groups is 1. The van der Waals surface area contributed by atoms with Gasteiger partial charge in [0.05, 0.1) is 19.0 Å². The Morgan fingerprint density at radius 1 is 1.19 bits per heavy atom. The first-order valence-corrected chi connectivity index (χ1v) is 12.3. The summed E-state index contributed by atoms with van der Waals surface area (Å²) in [4.78, 5) is 27.3. The lowest BCUT2D eigenvalue weighted by Crippen LogP contribution is -2.61. The van der Waals surface area contributed by atoms with Crippen molar-refractivity contribution in [2.24, 2.45) is 0 Å². The van der Waals surface area contributed by atoms with Crippen LogP contribution in [0, 0.1) is 17.0 Å². The van der Waals surface area contributed by atoms with Gasteiger partial charge in [0.25, 0.3) is 5.91 Å². The van der Waals surface area contributed by atoms with Crippen LogP contribution in [-0.2, 0) is 11.3 Å². The number of nitrogens with one attached hydrogen (secondary N) is 3. The molecule has 198 valence electrons. The number of hydrogen-bond acceptors (Lipinski definition) is 5. The maximum Gasteiger partial charge on any atom is 0.251 e. The standard InChI is InChI=1S/C27H32F2N4O4/c1-5-27(6-2)13-21(34)33(25(30)32-27)14-15-9-16(11-18(29)10-15)24(36)31-22-19-12-17(28)7-8-20(19)37-26(3,4)23(22)35/h7-12,22-23,35H,5-6,13-14H2,1-4H3,(H2,30,32)(H,31,36)/t22-,23+/m1/s1. The Kier molecular flexibility index (Phi) is 6.98. The molecule has 0 saturated carbocycles. The molecule has 0 spiro atoms. The van der Waals surface area contributed by atoms with Crippen LogP contribution in [0.1, 0.15) is 74.5 Å². The summed E-state index contributed by atoms with van der Waals surface area (Å²) in [5, 5.41) is 25.0. The van der Waals surface area contributed by atoms with Crippen molar-refractivity contribution in [1.82, 2.24) is 15.5 Å². The number of fused-ring (bicyclic) bond motifs is 1. The zero-order valence-electron chi connectivity index (χ0n) is 21.3. The van der Waals surface area contributed by atoms with E-state index in [9.17, 15) is 23.5 Å². The van der Waals surface area contributed by atoms with Gasteiger partial charge < -0.3 is 20.5 Å². The van der Waals surface area contributed by atoms with E-state index in [1.807, 2.05) is 13.8 Å². The van der Waals surface area contributed by atoms with Crippen LogP contribution >= 0.6 is 0 Å². The number of rotatable bonds is 6. The summed E-state index contributed by atoms with van der Waals surface area (Å²) in [5.74, 6) is -1.93. The van der Waals surface area contributed by atoms with Crippen molar-refractivity contribution in [3.63, 3.8) is 0 Å². The van der Waals surface area contributed by atoms with Crippen molar-refractivity contribution < 1.29 is 28.2 Å². The maximum atomic E-state index is 14.6. The van der Waals surface area contributed by atoms with E-state index in [1.54, 1.807) is 13.8 Å². The smallest absolute Gasteiger partial charge is 0.251 e. The molecule has 2 atom stereocenters. The molecule has 0 aromatic heterocycles. The molecule has 2 amide bonds. The average Bonchev–Trinajstić information content (AvgIpc) is 2.84. The fraction of sp³-hybridized carbons (Fsp3) is 0.444. The van der Waals surface area contributed by atoms with Crippen molar-refractivity contribution in [1.29, 1.82) is 5.41 Å². The minimum Gasteiger partial charge on any atom is -0.485 e. The topological polar surface area (TPSA) is 115 Å². The molecule has 0 bridgehead atoms. The number of halogens is 2. The summed E-state index contributed by atoms with van der Waals surface area (Å²) in [6, 6.07) is 6.52. The van der Waals surface area contributed by atoms with Crippen molar-refractivity contribution in [3.05, 3.63) is 64.7 Å². The van der Waals surface area contributed by atoms with Crippen LogP contribution in [0.25, 0.3) is 0 Å². The van der Waals surface area contributed by atoms with E-state index in [0.29, 0.717) is 24.2 Å². The van der Waals surface area contributed by atoms with Crippen LogP contribution in [0.15, 0.2) is 36.4 Å². The molecule has 0 radical (unpaired) electrons. The van der Waals surface area contributed by atoms with Gasteiger partial charge in [-0.2, -0.15) is 0 Å². The fourth-order valence-corrected chi connectivity index (χ4v) is 4.92. The van der Waals surface area contributed by atoms with Gasteiger partial charge in [-0.3, -0.25) is 19.9 Å². The summed E-state index contributed by atoms with van der Waals surface area (Å²) in [6.07, 6.45) is 0.349. The second kappa shape index (κ2) is 9.74. The Balaban J connectivity index is 1.57. The molecule has 1 saturated heterocycles. The predicted octanol–water partition coefficient (Wildman–Crippen LogP) is 3.78. The molecule has 2 aromatic carbocycles. The number of benzene rings is 2. The van der Waals surface area contributed by atoms with E-state index >= 15 is 0 Å². The highest BCUT2D eigenvalue weighted by Gasteiger charge is 2.44. The molecular weight excluding hydrogens is 482 g/mol. The lowest BCUT2D eigenvalue weighted by Gasteiger charge is -2.42. The minimum atomic E-state index is -1.21. The zero-order chi connectivity index (χ0) is 27.1. The molecule has 4 N–H and O–H groups in total. The molecule has 8 nitrogen and oxygen atoms in total. The molecule has 10 heteroatoms. The van der Waals surface area contributed by atoms with Crippen molar-refractivity contribution in [2.75, 3.05) is 0 Å². The first kappa shape index (κ1) is 26.5. The average molecular weight is 515 g/mol. The third kappa shape index (κ3) is 5.16. The molecule has 0 unspecified atom stereocenters. The van der Waals surface area contributed by atoms with Gasteiger partial charge in [-0.25, -0.2) is 8.78 Å². The van der Waals surface area contributed by atoms with Gasteiger partial charge in [0.2, 0.25) is 5.91 Å². The van der Waals surface area contributed by atoms with Crippen LogP contribution in [0.2, 0.25) is 0 Å². The SMILES string of the molecule is CCC1(CC)CC(=O)N(Cc2cc(F)cc(C(=O)N[C@@H]3c4cc(F)ccc4OC(C)(C)[C@H]3O)c2)C(=N)N1. The molecule has 2 aliphatic rings. The molecular formula is C27H32F2N4O4. The molecule has 2 aromatic rings. The van der Waals surface area contributed by atoms with E-state index in [0.717, 1.165) is 6.07 Å². The number of hydrogen-bond donors (Lipinski definition) is 4. The van der Waals surface area contributed by atoms with Crippen molar-refractivity contribution >= 4 is 17.8 Å². The number of ether oxygens (including phenoxy) is 1. The lowest BCUT2D eigenvalue weighted by molar-refractivity contribution is -0.131. The third-order valence-corrected chi connectivity index (χ3v) is 7.35. The Bertz CT molecular complexity index is 1220. The number of nitrogens with zero attached hydrogens (tertiary/aromatic N) is 1.